The maximum atomic E-state index is 12.5. The number of ether oxygens (including phenoxy) is 1. The van der Waals surface area contributed by atoms with E-state index in [1.54, 1.807) is 11.0 Å². The first kappa shape index (κ1) is 16.6. The standard InChI is InChI=1S/C14H21N3O4/c1-9(2)17(7-6-13(15)16-20)14(19)11-5-4-10(21-3)8-12(11)18/h4-5,8-9,18,20H,6-7H2,1-3H3,(H2,15,16). The molecule has 0 atom stereocenters. The summed E-state index contributed by atoms with van der Waals surface area (Å²) >= 11 is 0. The van der Waals surface area contributed by atoms with Crippen LogP contribution in [0, 0.1) is 0 Å². The predicted molar refractivity (Wildman–Crippen MR) is 78.9 cm³/mol. The number of methoxy groups -OCH3 is 1. The highest BCUT2D eigenvalue weighted by molar-refractivity contribution is 5.97. The van der Waals surface area contributed by atoms with E-state index in [0.29, 0.717) is 5.75 Å². The number of phenols is 1. The van der Waals surface area contributed by atoms with Gasteiger partial charge in [0.2, 0.25) is 0 Å². The lowest BCUT2D eigenvalue weighted by Gasteiger charge is -2.27. The molecule has 7 nitrogen and oxygen atoms in total. The Hall–Kier alpha value is -2.44. The molecule has 0 heterocycles. The van der Waals surface area contributed by atoms with Gasteiger partial charge in [-0.3, -0.25) is 4.79 Å². The van der Waals surface area contributed by atoms with Gasteiger partial charge in [0.25, 0.3) is 5.91 Å². The molecule has 0 fully saturated rings. The molecule has 1 amide bonds. The number of nitrogens with zero attached hydrogens (tertiary/aromatic N) is 2. The van der Waals surface area contributed by atoms with E-state index >= 15 is 0 Å². The van der Waals surface area contributed by atoms with Crippen LogP contribution in [0.1, 0.15) is 30.6 Å². The minimum Gasteiger partial charge on any atom is -0.507 e. The van der Waals surface area contributed by atoms with Gasteiger partial charge >= 0.3 is 0 Å². The SMILES string of the molecule is COc1ccc(C(=O)N(CCC(N)=NO)C(C)C)c(O)c1. The Kier molecular flexibility index (Phi) is 5.83. The molecule has 0 saturated carbocycles. The second-order valence-corrected chi connectivity index (χ2v) is 4.82. The summed E-state index contributed by atoms with van der Waals surface area (Å²) in [6.45, 7) is 3.99. The molecule has 0 aliphatic heterocycles. The van der Waals surface area contributed by atoms with Crippen LogP contribution in [-0.2, 0) is 0 Å². The van der Waals surface area contributed by atoms with Crippen LogP contribution in [0.25, 0.3) is 0 Å². The van der Waals surface area contributed by atoms with E-state index in [4.69, 9.17) is 15.7 Å². The average molecular weight is 295 g/mol. The molecular formula is C14H21N3O4. The average Bonchev–Trinajstić information content (AvgIpc) is 2.46. The van der Waals surface area contributed by atoms with E-state index < -0.39 is 0 Å². The van der Waals surface area contributed by atoms with Crippen LogP contribution >= 0.6 is 0 Å². The second kappa shape index (κ2) is 7.37. The van der Waals surface area contributed by atoms with Gasteiger partial charge in [-0.2, -0.15) is 0 Å². The summed E-state index contributed by atoms with van der Waals surface area (Å²) in [6.07, 6.45) is 0.247. The van der Waals surface area contributed by atoms with E-state index in [1.165, 1.54) is 19.2 Å². The number of oxime groups is 1. The fraction of sp³-hybridized carbons (Fsp3) is 0.429. The van der Waals surface area contributed by atoms with Crippen LogP contribution < -0.4 is 10.5 Å². The van der Waals surface area contributed by atoms with Crippen molar-refractivity contribution in [3.8, 4) is 11.5 Å². The van der Waals surface area contributed by atoms with Gasteiger partial charge in [-0.25, -0.2) is 0 Å². The molecule has 7 heteroatoms. The molecule has 1 aromatic rings. The zero-order chi connectivity index (χ0) is 16.0. The van der Waals surface area contributed by atoms with Crippen LogP contribution in [0.4, 0.5) is 0 Å². The number of hydrogen-bond donors (Lipinski definition) is 3. The molecule has 4 N–H and O–H groups in total. The number of benzene rings is 1. The Bertz CT molecular complexity index is 529. The van der Waals surface area contributed by atoms with Crippen LogP contribution in [0.5, 0.6) is 11.5 Å². The van der Waals surface area contributed by atoms with Gasteiger partial charge in [0.1, 0.15) is 17.3 Å². The summed E-state index contributed by atoms with van der Waals surface area (Å²) in [7, 11) is 1.48. The molecule has 1 rings (SSSR count). The summed E-state index contributed by atoms with van der Waals surface area (Å²) in [5.74, 6) is 0.0499. The monoisotopic (exact) mass is 295 g/mol. The van der Waals surface area contributed by atoms with Crippen molar-refractivity contribution in [2.75, 3.05) is 13.7 Å². The molecule has 0 bridgehead atoms. The van der Waals surface area contributed by atoms with Gasteiger partial charge < -0.3 is 25.7 Å². The maximum Gasteiger partial charge on any atom is 0.257 e. The Morgan fingerprint density at radius 3 is 2.62 bits per heavy atom. The number of phenolic OH excluding ortho intramolecular Hbond substituents is 1. The van der Waals surface area contributed by atoms with E-state index in [9.17, 15) is 9.90 Å². The van der Waals surface area contributed by atoms with Crippen LogP contribution in [0.2, 0.25) is 0 Å². The fourth-order valence-corrected chi connectivity index (χ4v) is 1.85. The lowest BCUT2D eigenvalue weighted by molar-refractivity contribution is 0.0708. The Labute approximate surface area is 123 Å². The predicted octanol–water partition coefficient (Wildman–Crippen LogP) is 1.39. The molecule has 0 aromatic heterocycles. The number of hydrogen-bond acceptors (Lipinski definition) is 5. The second-order valence-electron chi connectivity index (χ2n) is 4.82. The molecule has 0 spiro atoms. The number of nitrogens with two attached hydrogens (primary N) is 1. The highest BCUT2D eigenvalue weighted by Crippen LogP contribution is 2.25. The number of carbonyl (C=O) groups is 1. The van der Waals surface area contributed by atoms with Gasteiger partial charge in [0, 0.05) is 25.1 Å². The third kappa shape index (κ3) is 4.27. The minimum atomic E-state index is -0.323. The van der Waals surface area contributed by atoms with Crippen molar-refractivity contribution in [2.24, 2.45) is 10.9 Å². The van der Waals surface area contributed by atoms with Crippen LogP contribution in [0.3, 0.4) is 0 Å². The van der Waals surface area contributed by atoms with E-state index in [0.717, 1.165) is 0 Å². The van der Waals surface area contributed by atoms with Gasteiger partial charge in [-0.05, 0) is 26.0 Å². The van der Waals surface area contributed by atoms with Crippen molar-refractivity contribution in [3.63, 3.8) is 0 Å². The smallest absolute Gasteiger partial charge is 0.257 e. The molecule has 0 saturated heterocycles. The third-order valence-corrected chi connectivity index (χ3v) is 3.06. The maximum absolute atomic E-state index is 12.5. The zero-order valence-corrected chi connectivity index (χ0v) is 12.4. The van der Waals surface area contributed by atoms with Crippen molar-refractivity contribution in [3.05, 3.63) is 23.8 Å². The molecule has 1 aromatic carbocycles. The highest BCUT2D eigenvalue weighted by atomic mass is 16.5. The van der Waals surface area contributed by atoms with Gasteiger partial charge in [-0.15, -0.1) is 0 Å². The van der Waals surface area contributed by atoms with Crippen LogP contribution in [0.15, 0.2) is 23.4 Å². The van der Waals surface area contributed by atoms with E-state index in [1.807, 2.05) is 13.8 Å². The number of aromatic hydroxyl groups is 1. The van der Waals surface area contributed by atoms with Crippen LogP contribution in [-0.4, -0.2) is 46.7 Å². The third-order valence-electron chi connectivity index (χ3n) is 3.06. The molecule has 21 heavy (non-hydrogen) atoms. The highest BCUT2D eigenvalue weighted by Gasteiger charge is 2.21. The largest absolute Gasteiger partial charge is 0.507 e. The fourth-order valence-electron chi connectivity index (χ4n) is 1.85. The molecule has 0 aliphatic rings. The first-order valence-corrected chi connectivity index (χ1v) is 6.55. The summed E-state index contributed by atoms with van der Waals surface area (Å²) < 4.78 is 4.99. The summed E-state index contributed by atoms with van der Waals surface area (Å²) in [5, 5.41) is 21.4. The number of amides is 1. The molecular weight excluding hydrogens is 274 g/mol. The number of rotatable bonds is 6. The molecule has 0 unspecified atom stereocenters. The normalized spacial score (nSPS) is 11.5. The topological polar surface area (TPSA) is 108 Å². The number of amidine groups is 1. The lowest BCUT2D eigenvalue weighted by Crippen LogP contribution is -2.39. The van der Waals surface area contributed by atoms with E-state index in [-0.39, 0.29) is 42.1 Å². The zero-order valence-electron chi connectivity index (χ0n) is 12.4. The summed E-state index contributed by atoms with van der Waals surface area (Å²) in [5.41, 5.74) is 5.61. The van der Waals surface area contributed by atoms with Crippen molar-refractivity contribution >= 4 is 11.7 Å². The summed E-state index contributed by atoms with van der Waals surface area (Å²) in [6, 6.07) is 4.41. The van der Waals surface area contributed by atoms with Gasteiger partial charge in [0.05, 0.1) is 12.7 Å². The molecule has 0 radical (unpaired) electrons. The van der Waals surface area contributed by atoms with Crippen molar-refractivity contribution < 1.29 is 19.8 Å². The van der Waals surface area contributed by atoms with Crippen molar-refractivity contribution in [2.45, 2.75) is 26.3 Å². The Balaban J connectivity index is 2.95. The van der Waals surface area contributed by atoms with Gasteiger partial charge in [0.15, 0.2) is 0 Å². The number of carbonyl (C=O) groups excluding carboxylic acids is 1. The van der Waals surface area contributed by atoms with Crippen molar-refractivity contribution in [1.82, 2.24) is 4.90 Å². The molecule has 116 valence electrons. The lowest BCUT2D eigenvalue weighted by atomic mass is 10.1. The Morgan fingerprint density at radius 1 is 1.48 bits per heavy atom. The van der Waals surface area contributed by atoms with Gasteiger partial charge in [-0.1, -0.05) is 5.16 Å². The van der Waals surface area contributed by atoms with E-state index in [2.05, 4.69) is 5.16 Å². The first-order valence-electron chi connectivity index (χ1n) is 6.55. The quantitative estimate of drug-likeness (QED) is 0.318. The summed E-state index contributed by atoms with van der Waals surface area (Å²) in [4.78, 5) is 14.0. The first-order chi connectivity index (χ1) is 9.90. The molecule has 0 aliphatic carbocycles. The van der Waals surface area contributed by atoms with Crippen molar-refractivity contribution in [1.29, 1.82) is 0 Å². The Morgan fingerprint density at radius 2 is 2.14 bits per heavy atom. The minimum absolute atomic E-state index is 0.0485.